The maximum absolute atomic E-state index is 12.6. The highest BCUT2D eigenvalue weighted by Gasteiger charge is 2.30. The second-order valence-electron chi connectivity index (χ2n) is 9.71. The average Bonchev–Trinajstić information content (AvgIpc) is 2.93. The predicted octanol–water partition coefficient (Wildman–Crippen LogP) is 6.94. The number of nitrogens with one attached hydrogen (secondary N) is 1. The van der Waals surface area contributed by atoms with Crippen molar-refractivity contribution < 1.29 is 19.4 Å². The Hall–Kier alpha value is -3.67. The van der Waals surface area contributed by atoms with Gasteiger partial charge < -0.3 is 15.2 Å². The molecule has 5 nitrogen and oxygen atoms in total. The Labute approximate surface area is 229 Å². The number of hydrogen-bond acceptors (Lipinski definition) is 4. The zero-order valence-corrected chi connectivity index (χ0v) is 22.1. The molecule has 0 aromatic heterocycles. The SMILES string of the molecule is C[C@@H](NC[C@H]1C[C@@H](c2cccc(C(=O)CCC(=O)O)c2)c2ccccc2O1)c1cccc2ccccc12.Cl. The first-order valence-electron chi connectivity index (χ1n) is 12.8. The summed E-state index contributed by atoms with van der Waals surface area (Å²) in [6.07, 6.45) is 0.579. The molecule has 1 aliphatic rings. The van der Waals surface area contributed by atoms with E-state index in [1.54, 1.807) is 6.07 Å². The van der Waals surface area contributed by atoms with Crippen LogP contribution in [0.15, 0.2) is 91.0 Å². The lowest BCUT2D eigenvalue weighted by Gasteiger charge is -2.33. The van der Waals surface area contributed by atoms with Crippen LogP contribution in [0, 0.1) is 0 Å². The Morgan fingerprint density at radius 3 is 2.53 bits per heavy atom. The summed E-state index contributed by atoms with van der Waals surface area (Å²) in [6.45, 7) is 2.87. The van der Waals surface area contributed by atoms with E-state index in [9.17, 15) is 9.59 Å². The summed E-state index contributed by atoms with van der Waals surface area (Å²) in [7, 11) is 0. The summed E-state index contributed by atoms with van der Waals surface area (Å²) in [5.41, 5.74) is 3.97. The van der Waals surface area contributed by atoms with Crippen molar-refractivity contribution in [2.75, 3.05) is 6.54 Å². The van der Waals surface area contributed by atoms with E-state index in [1.807, 2.05) is 36.4 Å². The molecule has 0 saturated heterocycles. The number of carbonyl (C=O) groups excluding carboxylic acids is 1. The number of halogens is 1. The zero-order valence-electron chi connectivity index (χ0n) is 21.3. The minimum Gasteiger partial charge on any atom is -0.489 e. The van der Waals surface area contributed by atoms with Crippen LogP contribution in [0.2, 0.25) is 0 Å². The Morgan fingerprint density at radius 1 is 0.947 bits per heavy atom. The molecule has 1 aliphatic heterocycles. The number of aliphatic carboxylic acids is 1. The van der Waals surface area contributed by atoms with E-state index in [4.69, 9.17) is 9.84 Å². The molecule has 4 aromatic rings. The summed E-state index contributed by atoms with van der Waals surface area (Å²) in [5.74, 6) is -0.162. The number of rotatable bonds is 9. The maximum atomic E-state index is 12.6. The third kappa shape index (κ3) is 6.07. The Bertz CT molecular complexity index is 1430. The molecular formula is C32H32ClNO4. The number of carboxylic acids is 1. The summed E-state index contributed by atoms with van der Waals surface area (Å²) in [6, 6.07) is 30.7. The van der Waals surface area contributed by atoms with Gasteiger partial charge in [-0.15, -0.1) is 12.4 Å². The van der Waals surface area contributed by atoms with Crippen molar-refractivity contribution in [1.29, 1.82) is 0 Å². The fourth-order valence-electron chi connectivity index (χ4n) is 5.27. The van der Waals surface area contributed by atoms with Crippen molar-refractivity contribution in [2.24, 2.45) is 0 Å². The molecule has 0 unspecified atom stereocenters. The van der Waals surface area contributed by atoms with Crippen LogP contribution < -0.4 is 10.1 Å². The molecule has 0 saturated carbocycles. The highest BCUT2D eigenvalue weighted by Crippen LogP contribution is 2.40. The predicted molar refractivity (Wildman–Crippen MR) is 153 cm³/mol. The van der Waals surface area contributed by atoms with Crippen molar-refractivity contribution in [3.8, 4) is 5.75 Å². The first kappa shape index (κ1) is 27.4. The number of ketones is 1. The highest BCUT2D eigenvalue weighted by atomic mass is 35.5. The third-order valence-electron chi connectivity index (χ3n) is 7.21. The topological polar surface area (TPSA) is 75.6 Å². The van der Waals surface area contributed by atoms with Crippen LogP contribution in [-0.2, 0) is 4.79 Å². The zero-order chi connectivity index (χ0) is 25.8. The normalized spacial score (nSPS) is 17.1. The molecule has 0 radical (unpaired) electrons. The molecular weight excluding hydrogens is 498 g/mol. The molecule has 5 rings (SSSR count). The molecule has 6 heteroatoms. The summed E-state index contributed by atoms with van der Waals surface area (Å²) < 4.78 is 6.41. The van der Waals surface area contributed by atoms with Gasteiger partial charge in [-0.3, -0.25) is 9.59 Å². The van der Waals surface area contributed by atoms with Gasteiger partial charge >= 0.3 is 5.97 Å². The average molecular weight is 530 g/mol. The van der Waals surface area contributed by atoms with Gasteiger partial charge in [0.05, 0.1) is 6.42 Å². The van der Waals surface area contributed by atoms with Gasteiger partial charge in [0.25, 0.3) is 0 Å². The summed E-state index contributed by atoms with van der Waals surface area (Å²) in [5, 5.41) is 15.1. The molecule has 0 fully saturated rings. The molecule has 3 atom stereocenters. The number of carboxylic acid groups (broad SMARTS) is 1. The van der Waals surface area contributed by atoms with Gasteiger partial charge in [0, 0.05) is 36.1 Å². The number of para-hydroxylation sites is 1. The van der Waals surface area contributed by atoms with Gasteiger partial charge in [-0.05, 0) is 47.4 Å². The van der Waals surface area contributed by atoms with Gasteiger partial charge in [-0.2, -0.15) is 0 Å². The molecule has 2 N–H and O–H groups in total. The van der Waals surface area contributed by atoms with E-state index >= 15 is 0 Å². The Morgan fingerprint density at radius 2 is 1.68 bits per heavy atom. The van der Waals surface area contributed by atoms with E-state index in [0.717, 1.165) is 23.3 Å². The monoisotopic (exact) mass is 529 g/mol. The third-order valence-corrected chi connectivity index (χ3v) is 7.21. The number of benzene rings is 4. The van der Waals surface area contributed by atoms with Crippen LogP contribution in [0.4, 0.5) is 0 Å². The molecule has 4 aromatic carbocycles. The van der Waals surface area contributed by atoms with Crippen LogP contribution in [0.5, 0.6) is 5.75 Å². The molecule has 196 valence electrons. The van der Waals surface area contributed by atoms with Crippen molar-refractivity contribution in [3.05, 3.63) is 113 Å². The van der Waals surface area contributed by atoms with E-state index in [1.165, 1.54) is 16.3 Å². The summed E-state index contributed by atoms with van der Waals surface area (Å²) in [4.78, 5) is 23.5. The van der Waals surface area contributed by atoms with Crippen molar-refractivity contribution >= 4 is 34.9 Å². The van der Waals surface area contributed by atoms with E-state index in [0.29, 0.717) is 12.1 Å². The highest BCUT2D eigenvalue weighted by molar-refractivity contribution is 5.97. The van der Waals surface area contributed by atoms with Crippen LogP contribution in [0.3, 0.4) is 0 Å². The first-order valence-corrected chi connectivity index (χ1v) is 12.8. The van der Waals surface area contributed by atoms with Gasteiger partial charge in [-0.1, -0.05) is 78.9 Å². The smallest absolute Gasteiger partial charge is 0.303 e. The Balaban J connectivity index is 0.00000336. The maximum Gasteiger partial charge on any atom is 0.303 e. The molecule has 0 spiro atoms. The lowest BCUT2D eigenvalue weighted by Crippen LogP contribution is -2.37. The van der Waals surface area contributed by atoms with Gasteiger partial charge in [0.2, 0.25) is 0 Å². The van der Waals surface area contributed by atoms with Gasteiger partial charge in [0.1, 0.15) is 11.9 Å². The molecule has 38 heavy (non-hydrogen) atoms. The minimum absolute atomic E-state index is 0. The number of fused-ring (bicyclic) bond motifs is 2. The largest absolute Gasteiger partial charge is 0.489 e. The van der Waals surface area contributed by atoms with Crippen molar-refractivity contribution in [2.45, 2.75) is 44.2 Å². The Kier molecular flexibility index (Phi) is 8.82. The molecule has 0 amide bonds. The molecule has 1 heterocycles. The lowest BCUT2D eigenvalue weighted by atomic mass is 9.83. The van der Waals surface area contributed by atoms with Gasteiger partial charge in [-0.25, -0.2) is 0 Å². The second-order valence-corrected chi connectivity index (χ2v) is 9.71. The van der Waals surface area contributed by atoms with Crippen molar-refractivity contribution in [3.63, 3.8) is 0 Å². The van der Waals surface area contributed by atoms with Crippen LogP contribution in [0.1, 0.15) is 65.2 Å². The fraction of sp³-hybridized carbons (Fsp3) is 0.250. The number of ether oxygens (including phenoxy) is 1. The van der Waals surface area contributed by atoms with E-state index in [2.05, 4.69) is 60.8 Å². The first-order chi connectivity index (χ1) is 18.0. The van der Waals surface area contributed by atoms with Crippen LogP contribution >= 0.6 is 12.4 Å². The minimum atomic E-state index is -0.962. The number of Topliss-reactive ketones (excluding diaryl/α,β-unsaturated/α-hetero) is 1. The van der Waals surface area contributed by atoms with E-state index < -0.39 is 5.97 Å². The quantitative estimate of drug-likeness (QED) is 0.230. The lowest BCUT2D eigenvalue weighted by molar-refractivity contribution is -0.136. The van der Waals surface area contributed by atoms with Crippen molar-refractivity contribution in [1.82, 2.24) is 5.32 Å². The van der Waals surface area contributed by atoms with Crippen LogP contribution in [-0.4, -0.2) is 29.5 Å². The number of carbonyl (C=O) groups is 2. The summed E-state index contributed by atoms with van der Waals surface area (Å²) >= 11 is 0. The second kappa shape index (κ2) is 12.2. The fourth-order valence-corrected chi connectivity index (χ4v) is 5.27. The van der Waals surface area contributed by atoms with Crippen LogP contribution in [0.25, 0.3) is 10.8 Å². The van der Waals surface area contributed by atoms with Gasteiger partial charge in [0.15, 0.2) is 5.78 Å². The number of hydrogen-bond donors (Lipinski definition) is 2. The molecule has 0 aliphatic carbocycles. The van der Waals surface area contributed by atoms with E-state index in [-0.39, 0.29) is 49.1 Å². The standard InChI is InChI=1S/C32H31NO4.ClH/c1-21(26-14-7-9-22-8-2-3-12-27(22)26)33-20-25-19-29(28-13-4-5-15-31(28)37-25)23-10-6-11-24(18-23)30(34)16-17-32(35)36;/h2-15,18,21,25,29,33H,16-17,19-20H2,1H3,(H,35,36);1H/t21-,25-,29+;/m1./s1. The molecule has 0 bridgehead atoms.